The third-order valence-corrected chi connectivity index (χ3v) is 3.68. The molecule has 5 heteroatoms. The minimum atomic E-state index is -0.677. The van der Waals surface area contributed by atoms with Gasteiger partial charge in [-0.2, -0.15) is 0 Å². The molecule has 0 spiro atoms. The van der Waals surface area contributed by atoms with Crippen LogP contribution in [0.1, 0.15) is 32.6 Å². The van der Waals surface area contributed by atoms with Crippen LogP contribution in [0.5, 0.6) is 0 Å². The zero-order valence-electron chi connectivity index (χ0n) is 10.9. The lowest BCUT2D eigenvalue weighted by Gasteiger charge is -2.19. The minimum Gasteiger partial charge on any atom is -0.406 e. The first-order valence-electron chi connectivity index (χ1n) is 6.48. The van der Waals surface area contributed by atoms with E-state index in [2.05, 4.69) is 6.58 Å². The SMILES string of the molecule is C=CC(=O)O/C(=C/C)N1C(=O)C2CCCCC2C1=O. The Morgan fingerprint density at radius 1 is 1.26 bits per heavy atom. The van der Waals surface area contributed by atoms with E-state index in [1.807, 2.05) is 0 Å². The predicted octanol–water partition coefficient (Wildman–Crippen LogP) is 1.75. The first kappa shape index (κ1) is 13.5. The Kier molecular flexibility index (Phi) is 3.83. The van der Waals surface area contributed by atoms with Crippen LogP contribution in [0, 0.1) is 11.8 Å². The summed E-state index contributed by atoms with van der Waals surface area (Å²) in [6.07, 6.45) is 5.85. The predicted molar refractivity (Wildman–Crippen MR) is 67.3 cm³/mol. The van der Waals surface area contributed by atoms with Crippen LogP contribution < -0.4 is 0 Å². The molecule has 0 N–H and O–H groups in total. The van der Waals surface area contributed by atoms with Gasteiger partial charge in [-0.3, -0.25) is 9.59 Å². The number of allylic oxidation sites excluding steroid dienone is 1. The van der Waals surface area contributed by atoms with Crippen LogP contribution in [0.15, 0.2) is 24.6 Å². The van der Waals surface area contributed by atoms with Gasteiger partial charge in [0.05, 0.1) is 11.8 Å². The maximum absolute atomic E-state index is 12.3. The molecule has 0 aromatic heterocycles. The molecule has 102 valence electrons. The van der Waals surface area contributed by atoms with Gasteiger partial charge in [-0.15, -0.1) is 0 Å². The Morgan fingerprint density at radius 2 is 1.79 bits per heavy atom. The number of nitrogens with zero attached hydrogens (tertiary/aromatic N) is 1. The van der Waals surface area contributed by atoms with Gasteiger partial charge in [-0.05, 0) is 25.8 Å². The molecule has 0 aromatic carbocycles. The van der Waals surface area contributed by atoms with Gasteiger partial charge in [0.2, 0.25) is 17.7 Å². The number of hydrogen-bond acceptors (Lipinski definition) is 4. The summed E-state index contributed by atoms with van der Waals surface area (Å²) < 4.78 is 4.97. The van der Waals surface area contributed by atoms with E-state index in [1.165, 1.54) is 6.08 Å². The molecule has 1 aliphatic carbocycles. The number of likely N-dealkylation sites (tertiary alicyclic amines) is 1. The number of imide groups is 1. The van der Waals surface area contributed by atoms with Gasteiger partial charge in [0.15, 0.2) is 0 Å². The molecule has 2 unspecified atom stereocenters. The van der Waals surface area contributed by atoms with Crippen molar-refractivity contribution in [2.75, 3.05) is 0 Å². The first-order valence-corrected chi connectivity index (χ1v) is 6.48. The maximum Gasteiger partial charge on any atom is 0.336 e. The monoisotopic (exact) mass is 263 g/mol. The molecule has 1 saturated heterocycles. The zero-order valence-corrected chi connectivity index (χ0v) is 10.9. The molecule has 1 aliphatic heterocycles. The fourth-order valence-electron chi connectivity index (χ4n) is 2.76. The lowest BCUT2D eigenvalue weighted by atomic mass is 9.81. The Hall–Kier alpha value is -1.91. The van der Waals surface area contributed by atoms with Crippen molar-refractivity contribution >= 4 is 17.8 Å². The fraction of sp³-hybridized carbons (Fsp3) is 0.500. The number of hydrogen-bond donors (Lipinski definition) is 0. The second kappa shape index (κ2) is 5.38. The van der Waals surface area contributed by atoms with Crippen LogP contribution in [-0.4, -0.2) is 22.7 Å². The maximum atomic E-state index is 12.3. The summed E-state index contributed by atoms with van der Waals surface area (Å²) in [5.74, 6) is -1.69. The smallest absolute Gasteiger partial charge is 0.336 e. The average molecular weight is 263 g/mol. The van der Waals surface area contributed by atoms with E-state index in [-0.39, 0.29) is 29.5 Å². The summed E-state index contributed by atoms with van der Waals surface area (Å²) in [5.41, 5.74) is 0. The van der Waals surface area contributed by atoms with E-state index in [4.69, 9.17) is 4.74 Å². The summed E-state index contributed by atoms with van der Waals surface area (Å²) in [6, 6.07) is 0. The summed E-state index contributed by atoms with van der Waals surface area (Å²) in [4.78, 5) is 36.8. The normalized spacial score (nSPS) is 27.2. The number of esters is 1. The number of amides is 2. The molecule has 2 amide bonds. The molecule has 2 aliphatic rings. The van der Waals surface area contributed by atoms with E-state index in [0.29, 0.717) is 0 Å². The molecule has 1 saturated carbocycles. The zero-order chi connectivity index (χ0) is 14.0. The molecule has 19 heavy (non-hydrogen) atoms. The molecule has 0 aromatic rings. The number of rotatable bonds is 3. The van der Waals surface area contributed by atoms with Crippen molar-refractivity contribution in [2.45, 2.75) is 32.6 Å². The van der Waals surface area contributed by atoms with Crippen LogP contribution in [0.2, 0.25) is 0 Å². The van der Waals surface area contributed by atoms with E-state index >= 15 is 0 Å². The molecule has 0 bridgehead atoms. The van der Waals surface area contributed by atoms with E-state index < -0.39 is 5.97 Å². The number of ether oxygens (including phenoxy) is 1. The van der Waals surface area contributed by atoms with Gasteiger partial charge < -0.3 is 4.74 Å². The second-order valence-corrected chi connectivity index (χ2v) is 4.76. The van der Waals surface area contributed by atoms with Crippen molar-refractivity contribution in [1.29, 1.82) is 0 Å². The largest absolute Gasteiger partial charge is 0.406 e. The second-order valence-electron chi connectivity index (χ2n) is 4.76. The number of fused-ring (bicyclic) bond motifs is 1. The average Bonchev–Trinajstić information content (AvgIpc) is 2.69. The molecular formula is C14H17NO4. The van der Waals surface area contributed by atoms with Gasteiger partial charge in [0, 0.05) is 6.08 Å². The van der Waals surface area contributed by atoms with Crippen molar-refractivity contribution in [3.05, 3.63) is 24.6 Å². The summed E-state index contributed by atoms with van der Waals surface area (Å²) >= 11 is 0. The molecule has 2 atom stereocenters. The molecule has 2 fully saturated rings. The molecule has 2 rings (SSSR count). The van der Waals surface area contributed by atoms with E-state index in [9.17, 15) is 14.4 Å². The highest BCUT2D eigenvalue weighted by Gasteiger charge is 2.50. The fourth-order valence-corrected chi connectivity index (χ4v) is 2.76. The van der Waals surface area contributed by atoms with Crippen molar-refractivity contribution in [2.24, 2.45) is 11.8 Å². The molecule has 0 radical (unpaired) electrons. The van der Waals surface area contributed by atoms with Crippen LogP contribution in [0.25, 0.3) is 0 Å². The Bertz CT molecular complexity index is 442. The summed E-state index contributed by atoms with van der Waals surface area (Å²) in [7, 11) is 0. The Balaban J connectivity index is 2.23. The summed E-state index contributed by atoms with van der Waals surface area (Å²) in [5, 5.41) is 0. The van der Waals surface area contributed by atoms with Crippen LogP contribution in [-0.2, 0) is 19.1 Å². The number of carbonyl (C=O) groups excluding carboxylic acids is 3. The first-order chi connectivity index (χ1) is 9.10. The third kappa shape index (κ3) is 2.32. The van der Waals surface area contributed by atoms with Crippen molar-refractivity contribution in [3.8, 4) is 0 Å². The van der Waals surface area contributed by atoms with Crippen LogP contribution in [0.3, 0.4) is 0 Å². The van der Waals surface area contributed by atoms with Gasteiger partial charge in [0.25, 0.3) is 0 Å². The number of carbonyl (C=O) groups is 3. The van der Waals surface area contributed by atoms with Gasteiger partial charge in [0.1, 0.15) is 0 Å². The van der Waals surface area contributed by atoms with E-state index in [1.54, 1.807) is 6.92 Å². The highest BCUT2D eigenvalue weighted by Crippen LogP contribution is 2.39. The van der Waals surface area contributed by atoms with Crippen molar-refractivity contribution in [3.63, 3.8) is 0 Å². The lowest BCUT2D eigenvalue weighted by Crippen LogP contribution is -2.32. The standard InChI is InChI=1S/C14H17NO4/c1-3-11(19-12(16)4-2)15-13(17)9-7-5-6-8-10(9)14(15)18/h3-4,9-10H,2,5-8H2,1H3/b11-3+. The highest BCUT2D eigenvalue weighted by molar-refractivity contribution is 6.06. The minimum absolute atomic E-state index is 0.00528. The van der Waals surface area contributed by atoms with Crippen LogP contribution in [0.4, 0.5) is 0 Å². The molecule has 1 heterocycles. The topological polar surface area (TPSA) is 63.7 Å². The van der Waals surface area contributed by atoms with Crippen molar-refractivity contribution in [1.82, 2.24) is 4.90 Å². The van der Waals surface area contributed by atoms with Crippen LogP contribution >= 0.6 is 0 Å². The molecule has 5 nitrogen and oxygen atoms in total. The third-order valence-electron chi connectivity index (χ3n) is 3.68. The lowest BCUT2D eigenvalue weighted by molar-refractivity contribution is -0.145. The van der Waals surface area contributed by atoms with Crippen molar-refractivity contribution < 1.29 is 19.1 Å². The van der Waals surface area contributed by atoms with Gasteiger partial charge in [-0.25, -0.2) is 9.69 Å². The Morgan fingerprint density at radius 3 is 2.21 bits per heavy atom. The van der Waals surface area contributed by atoms with E-state index in [0.717, 1.165) is 36.7 Å². The van der Waals surface area contributed by atoms with Gasteiger partial charge >= 0.3 is 5.97 Å². The van der Waals surface area contributed by atoms with Gasteiger partial charge in [-0.1, -0.05) is 19.4 Å². The molecular weight excluding hydrogens is 246 g/mol. The summed E-state index contributed by atoms with van der Waals surface area (Å²) in [6.45, 7) is 4.91. The Labute approximate surface area is 111 Å². The highest BCUT2D eigenvalue weighted by atomic mass is 16.6. The quantitative estimate of drug-likeness (QED) is 0.337.